The van der Waals surface area contributed by atoms with Crippen LogP contribution >= 0.6 is 0 Å². The normalized spacial score (nSPS) is 24.1. The number of carbonyl (C=O) groups excluding carboxylic acids is 8. The van der Waals surface area contributed by atoms with Crippen LogP contribution in [0.2, 0.25) is 0 Å². The minimum Gasteiger partial charge on any atom is -0.481 e. The van der Waals surface area contributed by atoms with Gasteiger partial charge in [0.15, 0.2) is 0 Å². The van der Waals surface area contributed by atoms with Crippen LogP contribution in [0.1, 0.15) is 192 Å². The molecule has 20 heteroatoms. The van der Waals surface area contributed by atoms with E-state index in [4.69, 9.17) is 4.74 Å². The predicted octanol–water partition coefficient (Wildman–Crippen LogP) is 4.80. The SMILES string of the molecule is CCCCCCCCCCCC[C@@H]1CC(=O)N[C@@H](CCC(=O)O)C(=O)N[C@@H](C(C)C)C(=O)N[C@@H](CC(C)C)C(=O)N[C@@H](C(C)C)C(=O)N[C@@H](CC(=O)O)C(=O)N[C@@H](CC(C)C)C(=O)N[C@@H](CC(C)C)C(=O)O1. The second kappa shape index (κ2) is 34.2. The highest BCUT2D eigenvalue weighted by Crippen LogP contribution is 2.19. The van der Waals surface area contributed by atoms with Crippen LogP contribution in [0.15, 0.2) is 0 Å². The van der Waals surface area contributed by atoms with E-state index in [1.54, 1.807) is 55.4 Å². The lowest BCUT2D eigenvalue weighted by atomic mass is 9.97. The van der Waals surface area contributed by atoms with E-state index in [0.717, 1.165) is 38.5 Å². The summed E-state index contributed by atoms with van der Waals surface area (Å²) in [4.78, 5) is 136. The summed E-state index contributed by atoms with van der Waals surface area (Å²) in [6, 6.07) is -9.67. The Hall–Kier alpha value is -5.30. The van der Waals surface area contributed by atoms with Gasteiger partial charge in [0.05, 0.1) is 12.8 Å². The summed E-state index contributed by atoms with van der Waals surface area (Å²) in [6.45, 7) is 19.5. The second-order valence-electron chi connectivity index (χ2n) is 21.5. The average Bonchev–Trinajstić information content (AvgIpc) is 3.26. The average molecular weight is 1020 g/mol. The number of carboxylic acids is 2. The molecule has 20 nitrogen and oxygen atoms in total. The summed E-state index contributed by atoms with van der Waals surface area (Å²) in [5, 5.41) is 37.8. The first-order valence-electron chi connectivity index (χ1n) is 26.5. The molecule has 1 aliphatic heterocycles. The first-order chi connectivity index (χ1) is 33.7. The molecule has 1 rings (SSSR count). The van der Waals surface area contributed by atoms with Gasteiger partial charge < -0.3 is 52.2 Å². The van der Waals surface area contributed by atoms with Crippen molar-refractivity contribution in [3.05, 3.63) is 0 Å². The molecule has 1 aliphatic rings. The first kappa shape index (κ1) is 64.7. The van der Waals surface area contributed by atoms with Gasteiger partial charge in [-0.2, -0.15) is 0 Å². The maximum Gasteiger partial charge on any atom is 0.328 e. The fourth-order valence-corrected chi connectivity index (χ4v) is 8.43. The number of aliphatic carboxylic acids is 2. The highest BCUT2D eigenvalue weighted by Gasteiger charge is 2.37. The number of carbonyl (C=O) groups is 10. The van der Waals surface area contributed by atoms with Crippen molar-refractivity contribution in [1.82, 2.24) is 37.2 Å². The van der Waals surface area contributed by atoms with Crippen LogP contribution in [0, 0.1) is 29.6 Å². The van der Waals surface area contributed by atoms with Crippen LogP contribution in [0.3, 0.4) is 0 Å². The Balaban J connectivity index is 3.92. The summed E-state index contributed by atoms with van der Waals surface area (Å²) in [6.07, 6.45) is 7.43. The number of rotatable bonds is 24. The number of carboxylic acid groups (broad SMARTS) is 2. The number of nitrogens with one attached hydrogen (secondary N) is 7. The van der Waals surface area contributed by atoms with Crippen LogP contribution in [0.4, 0.5) is 0 Å². The van der Waals surface area contributed by atoms with Gasteiger partial charge in [-0.1, -0.05) is 134 Å². The molecule has 0 aromatic heterocycles. The van der Waals surface area contributed by atoms with Crippen molar-refractivity contribution >= 4 is 59.3 Å². The van der Waals surface area contributed by atoms with Gasteiger partial charge in [-0.15, -0.1) is 0 Å². The van der Waals surface area contributed by atoms with Gasteiger partial charge in [0.25, 0.3) is 0 Å². The summed E-state index contributed by atoms with van der Waals surface area (Å²) in [5.41, 5.74) is 0. The Bertz CT molecular complexity index is 1770. The molecule has 1 saturated heterocycles. The number of unbranched alkanes of at least 4 members (excludes halogenated alkanes) is 9. The van der Waals surface area contributed by atoms with Crippen molar-refractivity contribution in [2.45, 2.75) is 240 Å². The molecule has 0 radical (unpaired) electrons. The Morgan fingerprint density at radius 2 is 0.861 bits per heavy atom. The van der Waals surface area contributed by atoms with Crippen molar-refractivity contribution in [3.63, 3.8) is 0 Å². The van der Waals surface area contributed by atoms with Gasteiger partial charge in [0, 0.05) is 6.42 Å². The highest BCUT2D eigenvalue weighted by atomic mass is 16.5. The predicted molar refractivity (Wildman–Crippen MR) is 272 cm³/mol. The Morgan fingerprint density at radius 1 is 0.472 bits per heavy atom. The summed E-state index contributed by atoms with van der Waals surface area (Å²) >= 11 is 0. The monoisotopic (exact) mass is 1020 g/mol. The molecular formula is C52H91N7O13. The van der Waals surface area contributed by atoms with E-state index in [-0.39, 0.29) is 49.9 Å². The first-order valence-corrected chi connectivity index (χ1v) is 26.5. The zero-order chi connectivity index (χ0) is 54.7. The van der Waals surface area contributed by atoms with E-state index in [2.05, 4.69) is 44.1 Å². The molecule has 0 spiro atoms. The van der Waals surface area contributed by atoms with Crippen molar-refractivity contribution in [2.75, 3.05) is 0 Å². The lowest BCUT2D eigenvalue weighted by Crippen LogP contribution is -2.61. The van der Waals surface area contributed by atoms with Crippen molar-refractivity contribution in [2.24, 2.45) is 29.6 Å². The van der Waals surface area contributed by atoms with Gasteiger partial charge in [-0.05, 0) is 68.1 Å². The largest absolute Gasteiger partial charge is 0.481 e. The van der Waals surface area contributed by atoms with Gasteiger partial charge >= 0.3 is 17.9 Å². The highest BCUT2D eigenvalue weighted by molar-refractivity contribution is 5.98. The second-order valence-corrected chi connectivity index (χ2v) is 21.5. The molecule has 0 unspecified atom stereocenters. The summed E-state index contributed by atoms with van der Waals surface area (Å²) in [5.74, 6) is -11.2. The number of esters is 1. The molecule has 1 fully saturated rings. The maximum absolute atomic E-state index is 14.2. The number of amides is 7. The van der Waals surface area contributed by atoms with E-state index in [0.29, 0.717) is 6.42 Å². The maximum atomic E-state index is 14.2. The Morgan fingerprint density at radius 3 is 1.31 bits per heavy atom. The Labute approximate surface area is 428 Å². The van der Waals surface area contributed by atoms with E-state index < -0.39 is 139 Å². The van der Waals surface area contributed by atoms with Crippen molar-refractivity contribution in [3.8, 4) is 0 Å². The number of cyclic esters (lactones) is 1. The molecular weight excluding hydrogens is 931 g/mol. The summed E-state index contributed by atoms with van der Waals surface area (Å²) in [7, 11) is 0. The third-order valence-electron chi connectivity index (χ3n) is 12.4. The summed E-state index contributed by atoms with van der Waals surface area (Å²) < 4.78 is 6.03. The number of ether oxygens (including phenoxy) is 1. The molecule has 0 aliphatic carbocycles. The number of hydrogen-bond acceptors (Lipinski definition) is 11. The molecule has 412 valence electrons. The van der Waals surface area contributed by atoms with E-state index in [1.165, 1.54) is 19.3 Å². The lowest BCUT2D eigenvalue weighted by molar-refractivity contribution is -0.155. The van der Waals surface area contributed by atoms with Crippen LogP contribution in [0.5, 0.6) is 0 Å². The Kier molecular flexibility index (Phi) is 30.7. The van der Waals surface area contributed by atoms with Gasteiger partial charge in [0.1, 0.15) is 48.4 Å². The molecule has 7 amide bonds. The van der Waals surface area contributed by atoms with Crippen molar-refractivity contribution < 1.29 is 62.9 Å². The minimum absolute atomic E-state index is 0.0399. The van der Waals surface area contributed by atoms with Gasteiger partial charge in [-0.3, -0.25) is 43.2 Å². The molecule has 8 atom stereocenters. The fourth-order valence-electron chi connectivity index (χ4n) is 8.43. The molecule has 72 heavy (non-hydrogen) atoms. The molecule has 0 aromatic rings. The fraction of sp³-hybridized carbons (Fsp3) is 0.808. The standard InChI is InChI=1S/C52H91N7O13/c1-12-13-14-15-16-17-18-19-20-21-22-35-28-41(60)53-36(23-24-42(61)62)46(65)58-44(33(8)9)50(69)55-38(26-31(4)5)49(68)59-45(34(10)11)51(70)56-39(29-43(63)64)48(67)54-37(25-30(2)3)47(66)57-40(27-32(6)7)52(71)72-35/h30-40,44-45H,12-29H2,1-11H3,(H,53,60)(H,54,67)(H,55,69)(H,56,70)(H,57,66)(H,58,65)(H,59,68)(H,61,62)(H,63,64)/t35-,36+,37+,38+,39+,40+,44+,45+/m1/s1. The van der Waals surface area contributed by atoms with Crippen molar-refractivity contribution in [1.29, 1.82) is 0 Å². The van der Waals surface area contributed by atoms with E-state index in [9.17, 15) is 58.2 Å². The minimum atomic E-state index is -1.72. The zero-order valence-corrected chi connectivity index (χ0v) is 45.1. The van der Waals surface area contributed by atoms with E-state index in [1.807, 2.05) is 13.8 Å². The topological polar surface area (TPSA) is 305 Å². The van der Waals surface area contributed by atoms with Gasteiger partial charge in [-0.25, -0.2) is 4.79 Å². The molecule has 1 heterocycles. The smallest absolute Gasteiger partial charge is 0.328 e. The third kappa shape index (κ3) is 26.4. The van der Waals surface area contributed by atoms with Gasteiger partial charge in [0.2, 0.25) is 41.4 Å². The van der Waals surface area contributed by atoms with Crippen LogP contribution in [-0.2, 0) is 52.7 Å². The molecule has 9 N–H and O–H groups in total. The molecule has 0 aromatic carbocycles. The molecule has 0 bridgehead atoms. The van der Waals surface area contributed by atoms with Crippen LogP contribution in [-0.4, -0.2) is 118 Å². The quantitative estimate of drug-likeness (QED) is 0.0465. The van der Waals surface area contributed by atoms with Crippen LogP contribution in [0.25, 0.3) is 0 Å². The third-order valence-corrected chi connectivity index (χ3v) is 12.4. The van der Waals surface area contributed by atoms with Crippen LogP contribution < -0.4 is 37.2 Å². The number of hydrogen-bond donors (Lipinski definition) is 9. The molecule has 0 saturated carbocycles. The zero-order valence-electron chi connectivity index (χ0n) is 45.1. The lowest BCUT2D eigenvalue weighted by Gasteiger charge is -2.30. The van der Waals surface area contributed by atoms with E-state index >= 15 is 0 Å².